The van der Waals surface area contributed by atoms with E-state index in [0.717, 1.165) is 5.56 Å². The molecule has 0 saturated carbocycles. The molecule has 1 aromatic carbocycles. The lowest BCUT2D eigenvalue weighted by atomic mass is 10.1. The predicted molar refractivity (Wildman–Crippen MR) is 71.7 cm³/mol. The predicted octanol–water partition coefficient (Wildman–Crippen LogP) is 1.54. The summed E-state index contributed by atoms with van der Waals surface area (Å²) < 4.78 is 5.59. The molecule has 0 unspecified atom stereocenters. The fraction of sp³-hybridized carbons (Fsp3) is 0.214. The van der Waals surface area contributed by atoms with Crippen LogP contribution >= 0.6 is 11.8 Å². The lowest BCUT2D eigenvalue weighted by Crippen LogP contribution is -2.22. The average Bonchev–Trinajstić information content (AvgIpc) is 2.84. The largest absolute Gasteiger partial charge is 0.545 e. The molecule has 1 heterocycles. The van der Waals surface area contributed by atoms with Crippen molar-refractivity contribution in [1.82, 2.24) is 0 Å². The first kappa shape index (κ1) is 13.7. The van der Waals surface area contributed by atoms with Crippen LogP contribution in [0.4, 0.5) is 0 Å². The second kappa shape index (κ2) is 6.45. The number of carbonyl (C=O) groups is 1. The Kier molecular flexibility index (Phi) is 4.65. The van der Waals surface area contributed by atoms with Gasteiger partial charge in [0.25, 0.3) is 0 Å². The SMILES string of the molecule is O=C([O-])c1cc(-c2ccccc2)oc1CSCCO. The molecule has 0 aliphatic carbocycles. The van der Waals surface area contributed by atoms with Gasteiger partial charge in [-0.25, -0.2) is 0 Å². The number of carboxylic acids is 1. The first-order valence-corrected chi connectivity index (χ1v) is 6.96. The van der Waals surface area contributed by atoms with Crippen molar-refractivity contribution >= 4 is 17.7 Å². The fourth-order valence-electron chi connectivity index (χ4n) is 1.68. The molecule has 100 valence electrons. The van der Waals surface area contributed by atoms with Crippen molar-refractivity contribution in [1.29, 1.82) is 0 Å². The standard InChI is InChI=1S/C14H14O4S/c15-6-7-19-9-13-11(14(16)17)8-12(18-13)10-4-2-1-3-5-10/h1-5,8,15H,6-7,9H2,(H,16,17)/p-1. The first-order chi connectivity index (χ1) is 9.22. The minimum Gasteiger partial charge on any atom is -0.545 e. The summed E-state index contributed by atoms with van der Waals surface area (Å²) in [6, 6.07) is 10.8. The maximum absolute atomic E-state index is 11.1. The maximum atomic E-state index is 11.1. The number of hydrogen-bond donors (Lipinski definition) is 1. The molecule has 0 radical (unpaired) electrons. The van der Waals surface area contributed by atoms with E-state index in [-0.39, 0.29) is 12.2 Å². The van der Waals surface area contributed by atoms with Crippen molar-refractivity contribution in [2.24, 2.45) is 0 Å². The molecule has 1 N–H and O–H groups in total. The van der Waals surface area contributed by atoms with E-state index in [0.29, 0.717) is 23.0 Å². The fourth-order valence-corrected chi connectivity index (χ4v) is 2.36. The van der Waals surface area contributed by atoms with Crippen molar-refractivity contribution in [2.45, 2.75) is 5.75 Å². The van der Waals surface area contributed by atoms with Crippen LogP contribution in [0.25, 0.3) is 11.3 Å². The van der Waals surface area contributed by atoms with Gasteiger partial charge in [0.2, 0.25) is 0 Å². The normalized spacial score (nSPS) is 10.6. The Labute approximate surface area is 115 Å². The average molecular weight is 277 g/mol. The van der Waals surface area contributed by atoms with E-state index in [1.807, 2.05) is 30.3 Å². The third kappa shape index (κ3) is 3.39. The van der Waals surface area contributed by atoms with E-state index in [2.05, 4.69) is 0 Å². The summed E-state index contributed by atoms with van der Waals surface area (Å²) in [4.78, 5) is 11.1. The molecule has 0 spiro atoms. The number of aliphatic hydroxyl groups excluding tert-OH is 1. The zero-order chi connectivity index (χ0) is 13.7. The zero-order valence-corrected chi connectivity index (χ0v) is 11.0. The van der Waals surface area contributed by atoms with Crippen LogP contribution in [-0.2, 0) is 5.75 Å². The van der Waals surface area contributed by atoms with Crippen LogP contribution in [0.5, 0.6) is 0 Å². The summed E-state index contributed by atoms with van der Waals surface area (Å²) in [6.45, 7) is 0.0531. The Bertz CT molecular complexity index is 548. The summed E-state index contributed by atoms with van der Waals surface area (Å²) in [7, 11) is 0. The summed E-state index contributed by atoms with van der Waals surface area (Å²) >= 11 is 1.41. The van der Waals surface area contributed by atoms with E-state index in [1.165, 1.54) is 17.8 Å². The summed E-state index contributed by atoms with van der Waals surface area (Å²) in [5.74, 6) is 0.576. The van der Waals surface area contributed by atoms with Gasteiger partial charge >= 0.3 is 0 Å². The van der Waals surface area contributed by atoms with Crippen LogP contribution in [0.3, 0.4) is 0 Å². The smallest absolute Gasteiger partial charge is 0.135 e. The molecule has 1 aromatic heterocycles. The van der Waals surface area contributed by atoms with Crippen LogP contribution in [0.2, 0.25) is 0 Å². The third-order valence-electron chi connectivity index (χ3n) is 2.56. The highest BCUT2D eigenvalue weighted by molar-refractivity contribution is 7.98. The van der Waals surface area contributed by atoms with Crippen molar-refractivity contribution in [3.05, 3.63) is 47.7 Å². The highest BCUT2D eigenvalue weighted by Gasteiger charge is 2.13. The molecule has 19 heavy (non-hydrogen) atoms. The molecule has 0 atom stereocenters. The van der Waals surface area contributed by atoms with Crippen LogP contribution < -0.4 is 5.11 Å². The van der Waals surface area contributed by atoms with Crippen molar-refractivity contribution in [3.63, 3.8) is 0 Å². The molecular weight excluding hydrogens is 264 g/mol. The zero-order valence-electron chi connectivity index (χ0n) is 10.2. The number of thioether (sulfide) groups is 1. The quantitative estimate of drug-likeness (QED) is 0.811. The molecule has 2 rings (SSSR count). The summed E-state index contributed by atoms with van der Waals surface area (Å²) in [5, 5.41) is 19.8. The number of aliphatic hydroxyl groups is 1. The Hall–Kier alpha value is -1.72. The number of carbonyl (C=O) groups excluding carboxylic acids is 1. The number of furan rings is 1. The molecule has 2 aromatic rings. The molecule has 5 heteroatoms. The highest BCUT2D eigenvalue weighted by atomic mass is 32.2. The van der Waals surface area contributed by atoms with Crippen molar-refractivity contribution in [3.8, 4) is 11.3 Å². The van der Waals surface area contributed by atoms with E-state index in [9.17, 15) is 9.90 Å². The second-order valence-corrected chi connectivity index (χ2v) is 4.98. The minimum absolute atomic E-state index is 0.0531. The first-order valence-electron chi connectivity index (χ1n) is 5.80. The minimum atomic E-state index is -1.24. The van der Waals surface area contributed by atoms with Crippen LogP contribution in [0.15, 0.2) is 40.8 Å². The highest BCUT2D eigenvalue weighted by Crippen LogP contribution is 2.27. The molecule has 0 fully saturated rings. The maximum Gasteiger partial charge on any atom is 0.135 e. The molecule has 0 saturated heterocycles. The molecule has 0 bridgehead atoms. The number of carboxylic acid groups (broad SMARTS) is 1. The topological polar surface area (TPSA) is 73.5 Å². The van der Waals surface area contributed by atoms with Crippen molar-refractivity contribution < 1.29 is 19.4 Å². The molecule has 0 aliphatic rings. The Morgan fingerprint density at radius 2 is 2.05 bits per heavy atom. The van der Waals surface area contributed by atoms with E-state index >= 15 is 0 Å². The van der Waals surface area contributed by atoms with Crippen LogP contribution in [0.1, 0.15) is 16.1 Å². The monoisotopic (exact) mass is 277 g/mol. The molecule has 0 amide bonds. The number of benzene rings is 1. The summed E-state index contributed by atoms with van der Waals surface area (Å²) in [5.41, 5.74) is 0.896. The lowest BCUT2D eigenvalue weighted by molar-refractivity contribution is -0.255. The van der Waals surface area contributed by atoms with Crippen molar-refractivity contribution in [2.75, 3.05) is 12.4 Å². The van der Waals surface area contributed by atoms with Gasteiger partial charge in [0.05, 0.1) is 18.3 Å². The lowest BCUT2D eigenvalue weighted by Gasteiger charge is -2.02. The van der Waals surface area contributed by atoms with Gasteiger partial charge in [0.1, 0.15) is 11.5 Å². The number of aromatic carboxylic acids is 1. The molecular formula is C14H13O4S-. The van der Waals surface area contributed by atoms with Gasteiger partial charge in [0.15, 0.2) is 0 Å². The van der Waals surface area contributed by atoms with Gasteiger partial charge in [-0.3, -0.25) is 0 Å². The van der Waals surface area contributed by atoms with Gasteiger partial charge in [-0.15, -0.1) is 0 Å². The Morgan fingerprint density at radius 1 is 1.32 bits per heavy atom. The summed E-state index contributed by atoms with van der Waals surface area (Å²) in [6.07, 6.45) is 0. The Balaban J connectivity index is 2.27. The van der Waals surface area contributed by atoms with Gasteiger partial charge in [-0.1, -0.05) is 30.3 Å². The van der Waals surface area contributed by atoms with Crippen LogP contribution in [0, 0.1) is 0 Å². The Morgan fingerprint density at radius 3 is 2.68 bits per heavy atom. The molecule has 4 nitrogen and oxygen atoms in total. The number of hydrogen-bond acceptors (Lipinski definition) is 5. The second-order valence-electron chi connectivity index (χ2n) is 3.88. The van der Waals surface area contributed by atoms with Gasteiger partial charge in [-0.05, 0) is 6.07 Å². The third-order valence-corrected chi connectivity index (χ3v) is 3.49. The van der Waals surface area contributed by atoms with Gasteiger partial charge < -0.3 is 19.4 Å². The van der Waals surface area contributed by atoms with Gasteiger partial charge in [0, 0.05) is 16.9 Å². The van der Waals surface area contributed by atoms with E-state index < -0.39 is 5.97 Å². The molecule has 0 aliphatic heterocycles. The van der Waals surface area contributed by atoms with E-state index in [4.69, 9.17) is 9.52 Å². The number of rotatable bonds is 6. The van der Waals surface area contributed by atoms with Crippen LogP contribution in [-0.4, -0.2) is 23.4 Å². The van der Waals surface area contributed by atoms with Gasteiger partial charge in [-0.2, -0.15) is 11.8 Å². The van der Waals surface area contributed by atoms with E-state index in [1.54, 1.807) is 0 Å².